The summed E-state index contributed by atoms with van der Waals surface area (Å²) in [4.78, 5) is 28.7. The monoisotopic (exact) mass is 393 g/mol. The molecule has 1 aromatic carbocycles. The number of nitrogens with zero attached hydrogens (tertiary/aromatic N) is 2. The molecule has 24 heavy (non-hydrogen) atoms. The molecule has 1 N–H and O–H groups in total. The number of rotatable bonds is 4. The van der Waals surface area contributed by atoms with E-state index >= 15 is 0 Å². The van der Waals surface area contributed by atoms with Crippen molar-refractivity contribution in [3.63, 3.8) is 0 Å². The van der Waals surface area contributed by atoms with Crippen LogP contribution in [0.2, 0.25) is 0 Å². The van der Waals surface area contributed by atoms with Crippen molar-refractivity contribution in [2.24, 2.45) is 5.92 Å². The molecule has 1 spiro atoms. The molecule has 6 heteroatoms. The van der Waals surface area contributed by atoms with Gasteiger partial charge in [0.25, 0.3) is 5.91 Å². The lowest BCUT2D eigenvalue weighted by Gasteiger charge is -2.37. The van der Waals surface area contributed by atoms with Crippen molar-refractivity contribution in [1.82, 2.24) is 15.1 Å². The number of halogens is 1. The Hall–Kier alpha value is -1.40. The van der Waals surface area contributed by atoms with Gasteiger partial charge in [0.05, 0.1) is 6.67 Å². The Balaban J connectivity index is 1.67. The summed E-state index contributed by atoms with van der Waals surface area (Å²) in [7, 11) is 1.93. The minimum atomic E-state index is -0.673. The van der Waals surface area contributed by atoms with Crippen LogP contribution >= 0.6 is 15.9 Å². The zero-order valence-corrected chi connectivity index (χ0v) is 15.8. The summed E-state index contributed by atoms with van der Waals surface area (Å²) in [6, 6.07) is 7.82. The Kier molecular flexibility index (Phi) is 4.97. The van der Waals surface area contributed by atoms with E-state index in [0.717, 1.165) is 35.7 Å². The molecule has 1 heterocycles. The van der Waals surface area contributed by atoms with E-state index in [9.17, 15) is 9.59 Å². The van der Waals surface area contributed by atoms with Gasteiger partial charge in [0, 0.05) is 11.0 Å². The molecule has 2 atom stereocenters. The van der Waals surface area contributed by atoms with Crippen molar-refractivity contribution in [3.05, 3.63) is 34.3 Å². The number of amides is 3. The summed E-state index contributed by atoms with van der Waals surface area (Å²) in [5, 5.41) is 3.00. The third-order valence-electron chi connectivity index (χ3n) is 5.25. The third-order valence-corrected chi connectivity index (χ3v) is 5.78. The van der Waals surface area contributed by atoms with Crippen molar-refractivity contribution >= 4 is 27.9 Å². The first-order chi connectivity index (χ1) is 11.4. The largest absolute Gasteiger partial charge is 0.326 e. The molecule has 2 fully saturated rings. The lowest BCUT2D eigenvalue weighted by molar-refractivity contribution is -0.135. The van der Waals surface area contributed by atoms with Crippen LogP contribution in [0.3, 0.4) is 0 Å². The highest BCUT2D eigenvalue weighted by Crippen LogP contribution is 2.38. The van der Waals surface area contributed by atoms with E-state index in [0.29, 0.717) is 13.2 Å². The van der Waals surface area contributed by atoms with E-state index in [-0.39, 0.29) is 17.9 Å². The fourth-order valence-corrected chi connectivity index (χ4v) is 4.08. The number of carbonyl (C=O) groups is 2. The first-order valence-electron chi connectivity index (χ1n) is 8.49. The Morgan fingerprint density at radius 2 is 2.00 bits per heavy atom. The first kappa shape index (κ1) is 17.4. The molecule has 1 aliphatic carbocycles. The molecule has 0 radical (unpaired) electrons. The van der Waals surface area contributed by atoms with Gasteiger partial charge in [-0.1, -0.05) is 47.8 Å². The van der Waals surface area contributed by atoms with Gasteiger partial charge >= 0.3 is 6.03 Å². The second-order valence-corrected chi connectivity index (χ2v) is 7.98. The van der Waals surface area contributed by atoms with E-state index in [4.69, 9.17) is 0 Å². The number of carbonyl (C=O) groups excluding carboxylic acids is 2. The predicted octanol–water partition coefficient (Wildman–Crippen LogP) is 3.34. The van der Waals surface area contributed by atoms with Crippen LogP contribution in [0.25, 0.3) is 0 Å². The van der Waals surface area contributed by atoms with Gasteiger partial charge in [-0.2, -0.15) is 0 Å². The number of imide groups is 1. The minimum Gasteiger partial charge on any atom is -0.323 e. The topological polar surface area (TPSA) is 52.7 Å². The van der Waals surface area contributed by atoms with Gasteiger partial charge in [0.2, 0.25) is 0 Å². The second-order valence-electron chi connectivity index (χ2n) is 7.06. The van der Waals surface area contributed by atoms with Crippen LogP contribution in [0.1, 0.15) is 38.2 Å². The highest BCUT2D eigenvalue weighted by molar-refractivity contribution is 9.10. The number of nitrogens with one attached hydrogen (secondary N) is 1. The molecular formula is C18H24BrN3O2. The summed E-state index contributed by atoms with van der Waals surface area (Å²) >= 11 is 3.43. The smallest absolute Gasteiger partial charge is 0.323 e. The third kappa shape index (κ3) is 3.22. The van der Waals surface area contributed by atoms with Gasteiger partial charge in [-0.05, 0) is 43.5 Å². The lowest BCUT2D eigenvalue weighted by atomic mass is 9.73. The average Bonchev–Trinajstić information content (AvgIpc) is 2.78. The molecule has 130 valence electrons. The van der Waals surface area contributed by atoms with Crippen molar-refractivity contribution < 1.29 is 9.59 Å². The van der Waals surface area contributed by atoms with Gasteiger partial charge in [0.1, 0.15) is 5.54 Å². The van der Waals surface area contributed by atoms with Gasteiger partial charge in [-0.15, -0.1) is 0 Å². The quantitative estimate of drug-likeness (QED) is 0.797. The summed E-state index contributed by atoms with van der Waals surface area (Å²) in [5.41, 5.74) is 0.474. The molecule has 1 aliphatic heterocycles. The van der Waals surface area contributed by atoms with Crippen molar-refractivity contribution in [2.75, 3.05) is 13.7 Å². The summed E-state index contributed by atoms with van der Waals surface area (Å²) in [6.07, 6.45) is 3.88. The lowest BCUT2D eigenvalue weighted by Crippen LogP contribution is -2.54. The highest BCUT2D eigenvalue weighted by Gasteiger charge is 2.54. The number of urea groups is 1. The fourth-order valence-electron chi connectivity index (χ4n) is 3.82. The Morgan fingerprint density at radius 3 is 2.67 bits per heavy atom. The molecule has 1 saturated heterocycles. The molecule has 0 aromatic heterocycles. The van der Waals surface area contributed by atoms with E-state index < -0.39 is 5.54 Å². The average molecular weight is 394 g/mol. The van der Waals surface area contributed by atoms with Gasteiger partial charge in [-0.3, -0.25) is 9.69 Å². The van der Waals surface area contributed by atoms with Crippen molar-refractivity contribution in [3.8, 4) is 0 Å². The van der Waals surface area contributed by atoms with Gasteiger partial charge < -0.3 is 5.32 Å². The maximum atomic E-state index is 12.9. The first-order valence-corrected chi connectivity index (χ1v) is 9.29. The Morgan fingerprint density at radius 1 is 1.29 bits per heavy atom. The molecule has 0 bridgehead atoms. The minimum absolute atomic E-state index is 0.0534. The summed E-state index contributed by atoms with van der Waals surface area (Å²) in [6.45, 7) is 3.08. The molecule has 1 aromatic rings. The number of hydrogen-bond donors (Lipinski definition) is 1. The van der Waals surface area contributed by atoms with Crippen LogP contribution in [0.4, 0.5) is 4.79 Å². The molecule has 3 rings (SSSR count). The Bertz CT molecular complexity index is 634. The van der Waals surface area contributed by atoms with Crippen LogP contribution in [0.15, 0.2) is 28.7 Å². The molecule has 3 amide bonds. The highest BCUT2D eigenvalue weighted by atomic mass is 79.9. The van der Waals surface area contributed by atoms with Crippen LogP contribution < -0.4 is 5.32 Å². The van der Waals surface area contributed by atoms with Crippen molar-refractivity contribution in [1.29, 1.82) is 0 Å². The van der Waals surface area contributed by atoms with Crippen LogP contribution in [0, 0.1) is 5.92 Å². The van der Waals surface area contributed by atoms with Gasteiger partial charge in [-0.25, -0.2) is 9.69 Å². The normalized spacial score (nSPS) is 27.2. The molecule has 1 saturated carbocycles. The fraction of sp³-hybridized carbons (Fsp3) is 0.556. The maximum Gasteiger partial charge on any atom is 0.326 e. The number of hydrogen-bond acceptors (Lipinski definition) is 3. The zero-order valence-electron chi connectivity index (χ0n) is 14.2. The van der Waals surface area contributed by atoms with Crippen LogP contribution in [0.5, 0.6) is 0 Å². The standard InChI is InChI=1S/C18H24BrN3O2/c1-13-5-3-4-10-18(13)16(23)22(17(24)20-18)12-21(2)11-14-6-8-15(19)9-7-14/h6-9,13H,3-5,10-12H2,1-2H3,(H,20,24). The van der Waals surface area contributed by atoms with Crippen LogP contribution in [-0.2, 0) is 11.3 Å². The SMILES string of the molecule is CC1CCCCC12NC(=O)N(CN(C)Cc1ccc(Br)cc1)C2=O. The second kappa shape index (κ2) is 6.84. The van der Waals surface area contributed by atoms with E-state index in [1.807, 2.05) is 36.2 Å². The predicted molar refractivity (Wildman–Crippen MR) is 96.2 cm³/mol. The van der Waals surface area contributed by atoms with Crippen LogP contribution in [-0.4, -0.2) is 41.0 Å². The van der Waals surface area contributed by atoms with E-state index in [2.05, 4.69) is 28.2 Å². The molecule has 2 unspecified atom stereocenters. The van der Waals surface area contributed by atoms with E-state index in [1.54, 1.807) is 0 Å². The van der Waals surface area contributed by atoms with Crippen molar-refractivity contribution in [2.45, 2.75) is 44.7 Å². The Labute approximate surface area is 151 Å². The van der Waals surface area contributed by atoms with E-state index in [1.165, 1.54) is 4.90 Å². The maximum absolute atomic E-state index is 12.9. The summed E-state index contributed by atoms with van der Waals surface area (Å²) < 4.78 is 1.04. The molecular weight excluding hydrogens is 370 g/mol. The zero-order chi connectivity index (χ0) is 17.3. The molecule has 2 aliphatic rings. The summed E-state index contributed by atoms with van der Waals surface area (Å²) in [5.74, 6) is 0.145. The number of benzene rings is 1. The van der Waals surface area contributed by atoms with Gasteiger partial charge in [0.15, 0.2) is 0 Å². The molecule has 5 nitrogen and oxygen atoms in total.